The van der Waals surface area contributed by atoms with Gasteiger partial charge in [-0.2, -0.15) is 4.98 Å². The largest absolute Gasteiger partial charge is 0.481 e. The normalized spacial score (nSPS) is 23.6. The number of amides is 1. The molecule has 0 aliphatic heterocycles. The van der Waals surface area contributed by atoms with E-state index < -0.39 is 66.1 Å². The maximum absolute atomic E-state index is 12.3. The smallest absolute Gasteiger partial charge is 0.326 e. The molecule has 3 aromatic rings. The number of nitrogens with one attached hydrogen (secondary N) is 3. The fraction of sp³-hybridized carbons (Fsp3) is 0.400. The molecule has 238 valence electrons. The van der Waals surface area contributed by atoms with Gasteiger partial charge in [0.15, 0.2) is 11.2 Å². The second kappa shape index (κ2) is 14.6. The van der Waals surface area contributed by atoms with Gasteiger partial charge in [0.25, 0.3) is 5.91 Å². The van der Waals surface area contributed by atoms with Crippen LogP contribution in [0, 0.1) is 0 Å². The van der Waals surface area contributed by atoms with Crippen LogP contribution in [0.1, 0.15) is 28.9 Å². The van der Waals surface area contributed by atoms with Crippen LogP contribution in [0.15, 0.2) is 35.3 Å². The highest BCUT2D eigenvalue weighted by Gasteiger charge is 2.47. The van der Waals surface area contributed by atoms with Gasteiger partial charge in [0.2, 0.25) is 5.95 Å². The number of aromatic amines is 1. The van der Waals surface area contributed by atoms with E-state index >= 15 is 0 Å². The number of H-pyrrole nitrogens is 1. The van der Waals surface area contributed by atoms with E-state index in [0.29, 0.717) is 11.4 Å². The molecule has 13 N–H and O–H groups in total. The van der Waals surface area contributed by atoms with Gasteiger partial charge in [-0.05, 0) is 30.7 Å². The van der Waals surface area contributed by atoms with Gasteiger partial charge < -0.3 is 62.2 Å². The average Bonchev–Trinajstić information content (AvgIpc) is 2.99. The molecule has 0 bridgehead atoms. The van der Waals surface area contributed by atoms with Crippen molar-refractivity contribution in [2.75, 3.05) is 11.1 Å². The molecule has 0 spiro atoms. The molecular weight excluding hydrogens is 590 g/mol. The van der Waals surface area contributed by atoms with Gasteiger partial charge in [-0.15, -0.1) is 0 Å². The van der Waals surface area contributed by atoms with E-state index in [9.17, 15) is 19.2 Å². The van der Waals surface area contributed by atoms with Crippen molar-refractivity contribution < 1.29 is 55.2 Å². The highest BCUT2D eigenvalue weighted by molar-refractivity contribution is 5.96. The number of aliphatic hydroxyl groups is 6. The highest BCUT2D eigenvalue weighted by Crippen LogP contribution is 2.21. The molecule has 1 saturated carbocycles. The molecule has 0 radical (unpaired) electrons. The number of hydrogen-bond donors (Lipinski definition) is 12. The Morgan fingerprint density at radius 2 is 1.43 bits per heavy atom. The number of fused-ring (bicyclic) bond motifs is 1. The van der Waals surface area contributed by atoms with Gasteiger partial charge >= 0.3 is 17.5 Å². The molecular formula is C25H31N7O12. The quantitative estimate of drug-likeness (QED) is 0.109. The summed E-state index contributed by atoms with van der Waals surface area (Å²) in [6.07, 6.45) is -8.98. The Kier molecular flexibility index (Phi) is 11.2. The van der Waals surface area contributed by atoms with Crippen molar-refractivity contribution in [3.63, 3.8) is 0 Å². The van der Waals surface area contributed by atoms with Crippen molar-refractivity contribution in [2.45, 2.75) is 62.1 Å². The van der Waals surface area contributed by atoms with Crippen molar-refractivity contribution >= 4 is 40.6 Å². The first kappa shape index (κ1) is 33.7. The summed E-state index contributed by atoms with van der Waals surface area (Å²) in [7, 11) is 0. The molecule has 2 heterocycles. The zero-order chi connectivity index (χ0) is 32.7. The molecule has 19 heteroatoms. The number of aliphatic hydroxyl groups excluding tert-OH is 6. The third kappa shape index (κ3) is 8.40. The predicted octanol–water partition coefficient (Wildman–Crippen LogP) is -3.88. The fourth-order valence-electron chi connectivity index (χ4n) is 3.97. The first-order chi connectivity index (χ1) is 20.7. The number of aromatic nitrogens is 4. The molecule has 1 fully saturated rings. The number of carboxylic acid groups (broad SMARTS) is 2. The van der Waals surface area contributed by atoms with Gasteiger partial charge in [-0.25, -0.2) is 14.8 Å². The number of aliphatic carboxylic acids is 2. The maximum atomic E-state index is 12.3. The number of nitrogens with zero attached hydrogens (tertiary/aromatic N) is 3. The highest BCUT2D eigenvalue weighted by atomic mass is 16.4. The maximum Gasteiger partial charge on any atom is 0.326 e. The van der Waals surface area contributed by atoms with Crippen LogP contribution in [0.2, 0.25) is 0 Å². The number of carboxylic acids is 2. The molecule has 1 aliphatic carbocycles. The summed E-state index contributed by atoms with van der Waals surface area (Å²) in [6.45, 7) is 0.231. The lowest BCUT2D eigenvalue weighted by atomic mass is 9.85. The van der Waals surface area contributed by atoms with E-state index in [1.807, 2.05) is 0 Å². The van der Waals surface area contributed by atoms with Crippen LogP contribution in [0.5, 0.6) is 0 Å². The zero-order valence-corrected chi connectivity index (χ0v) is 22.7. The third-order valence-corrected chi connectivity index (χ3v) is 6.46. The lowest BCUT2D eigenvalue weighted by Gasteiger charge is -2.39. The Bertz CT molecular complexity index is 1480. The molecule has 2 aromatic heterocycles. The van der Waals surface area contributed by atoms with Gasteiger partial charge in [0, 0.05) is 17.7 Å². The molecule has 0 unspecified atom stereocenters. The Hall–Kier alpha value is -4.79. The number of anilines is 2. The first-order valence-corrected chi connectivity index (χ1v) is 12.9. The van der Waals surface area contributed by atoms with Crippen LogP contribution < -0.4 is 21.9 Å². The van der Waals surface area contributed by atoms with E-state index in [2.05, 4.69) is 30.6 Å². The van der Waals surface area contributed by atoms with Crippen molar-refractivity contribution in [1.82, 2.24) is 25.3 Å². The van der Waals surface area contributed by atoms with Crippen LogP contribution >= 0.6 is 0 Å². The molecule has 0 saturated heterocycles. The van der Waals surface area contributed by atoms with Gasteiger partial charge in [0.05, 0.1) is 18.4 Å². The Morgan fingerprint density at radius 1 is 0.886 bits per heavy atom. The molecule has 4 rings (SSSR count). The lowest BCUT2D eigenvalue weighted by molar-refractivity contribution is -0.223. The van der Waals surface area contributed by atoms with Crippen LogP contribution in [0.3, 0.4) is 0 Å². The summed E-state index contributed by atoms with van der Waals surface area (Å²) in [6, 6.07) is 4.86. The SMILES string of the molecule is Nc1nc(=O)c2nc(CNc3ccc(C(=O)N[C@@H](CCC(=O)O)C(=O)O)cc3)cnc2[nH]1.O[C@H]1[C@H](O)[C@@H](O)[C@H](O)[C@@H](O)[C@H]1O. The minimum absolute atomic E-state index is 0.0524. The summed E-state index contributed by atoms with van der Waals surface area (Å²) in [5.41, 5.74) is 6.47. The van der Waals surface area contributed by atoms with Crippen molar-refractivity contribution in [3.8, 4) is 0 Å². The van der Waals surface area contributed by atoms with Gasteiger partial charge in [0.1, 0.15) is 42.7 Å². The number of hydrogen-bond acceptors (Lipinski definition) is 15. The number of benzene rings is 1. The number of carbonyl (C=O) groups is 3. The summed E-state index contributed by atoms with van der Waals surface area (Å²) >= 11 is 0. The third-order valence-electron chi connectivity index (χ3n) is 6.46. The molecule has 1 aromatic carbocycles. The van der Waals surface area contributed by atoms with E-state index in [1.54, 1.807) is 12.1 Å². The number of nitrogen functional groups attached to an aromatic ring is 1. The lowest BCUT2D eigenvalue weighted by Crippen LogP contribution is -2.63. The van der Waals surface area contributed by atoms with Crippen molar-refractivity contribution in [1.29, 1.82) is 0 Å². The van der Waals surface area contributed by atoms with E-state index in [-0.39, 0.29) is 42.1 Å². The van der Waals surface area contributed by atoms with Crippen LogP contribution in [-0.2, 0) is 16.1 Å². The summed E-state index contributed by atoms with van der Waals surface area (Å²) in [5, 5.41) is 77.0. The molecule has 1 atom stereocenters. The van der Waals surface area contributed by atoms with E-state index in [1.165, 1.54) is 18.3 Å². The minimum atomic E-state index is -1.64. The second-order valence-corrected chi connectivity index (χ2v) is 9.66. The standard InChI is InChI=1S/C19H19N7O6.C6H12O6/c20-19-25-15-14(17(30)26-19)23-11(8-22-15)7-21-10-3-1-9(2-4-10)16(29)24-12(18(31)32)5-6-13(27)28;7-1-2(8)4(10)6(12)5(11)3(1)9/h1-4,8,12,21H,5-7H2,(H,24,29)(H,27,28)(H,31,32)(H3,20,22,25,26,30);1-12H/t12-;1-,2-,3-,4+,5-,6-/m0./s1. The number of nitrogens with two attached hydrogens (primary N) is 1. The van der Waals surface area contributed by atoms with Gasteiger partial charge in [-0.1, -0.05) is 0 Å². The van der Waals surface area contributed by atoms with Crippen molar-refractivity contribution in [3.05, 3.63) is 52.1 Å². The summed E-state index contributed by atoms with van der Waals surface area (Å²) in [5.74, 6) is -3.16. The van der Waals surface area contributed by atoms with Crippen LogP contribution in [0.4, 0.5) is 11.6 Å². The topological polar surface area (TPSA) is 335 Å². The van der Waals surface area contributed by atoms with Crippen LogP contribution in [-0.4, -0.2) is 121 Å². The summed E-state index contributed by atoms with van der Waals surface area (Å²) < 4.78 is 0. The molecule has 1 amide bonds. The Labute approximate surface area is 246 Å². The van der Waals surface area contributed by atoms with E-state index in [4.69, 9.17) is 46.6 Å². The van der Waals surface area contributed by atoms with Crippen molar-refractivity contribution in [2.24, 2.45) is 0 Å². The summed E-state index contributed by atoms with van der Waals surface area (Å²) in [4.78, 5) is 60.5. The average molecular weight is 622 g/mol. The van der Waals surface area contributed by atoms with Gasteiger partial charge in [-0.3, -0.25) is 14.4 Å². The molecule has 19 nitrogen and oxygen atoms in total. The Morgan fingerprint density at radius 3 is 1.93 bits per heavy atom. The van der Waals surface area contributed by atoms with Crippen LogP contribution in [0.25, 0.3) is 11.2 Å². The molecule has 44 heavy (non-hydrogen) atoms. The predicted molar refractivity (Wildman–Crippen MR) is 148 cm³/mol. The fourth-order valence-corrected chi connectivity index (χ4v) is 3.97. The zero-order valence-electron chi connectivity index (χ0n) is 22.7. The number of rotatable bonds is 9. The number of carbonyl (C=O) groups excluding carboxylic acids is 1. The first-order valence-electron chi connectivity index (χ1n) is 12.9. The van der Waals surface area contributed by atoms with E-state index in [0.717, 1.165) is 0 Å². The Balaban J connectivity index is 0.000000369. The minimum Gasteiger partial charge on any atom is -0.481 e. The monoisotopic (exact) mass is 621 g/mol. The molecule has 1 aliphatic rings. The second-order valence-electron chi connectivity index (χ2n) is 9.66.